The minimum absolute atomic E-state index is 0.0895. The van der Waals surface area contributed by atoms with Crippen molar-refractivity contribution in [3.8, 4) is 5.75 Å². The Morgan fingerprint density at radius 2 is 2.00 bits per heavy atom. The highest BCUT2D eigenvalue weighted by Crippen LogP contribution is 2.48. The largest absolute Gasteiger partial charge is 0.497 e. The minimum Gasteiger partial charge on any atom is -0.497 e. The van der Waals surface area contributed by atoms with E-state index in [1.807, 2.05) is 18.2 Å². The van der Waals surface area contributed by atoms with Crippen molar-refractivity contribution >= 4 is 23.2 Å². The van der Waals surface area contributed by atoms with Crippen molar-refractivity contribution in [3.05, 3.63) is 64.2 Å². The van der Waals surface area contributed by atoms with Gasteiger partial charge in [-0.1, -0.05) is 41.9 Å². The smallest absolute Gasteiger partial charge is 0.120 e. The van der Waals surface area contributed by atoms with E-state index in [4.69, 9.17) is 27.9 Å². The van der Waals surface area contributed by atoms with Gasteiger partial charge in [0, 0.05) is 10.9 Å². The van der Waals surface area contributed by atoms with Gasteiger partial charge in [-0.3, -0.25) is 0 Å². The third-order valence-electron chi connectivity index (χ3n) is 3.75. The number of benzene rings is 2. The molecule has 0 N–H and O–H groups in total. The summed E-state index contributed by atoms with van der Waals surface area (Å²) >= 11 is 12.9. The molecule has 0 spiro atoms. The Morgan fingerprint density at radius 3 is 2.68 bits per heavy atom. The number of methoxy groups -OCH3 is 1. The molecule has 2 atom stereocenters. The van der Waals surface area contributed by atoms with E-state index in [1.165, 1.54) is 11.1 Å². The first-order valence-corrected chi connectivity index (χ1v) is 7.07. The lowest BCUT2D eigenvalue weighted by atomic mass is 9.74. The second kappa shape index (κ2) is 5.07. The Bertz CT molecular complexity index is 609. The van der Waals surface area contributed by atoms with Crippen molar-refractivity contribution in [2.45, 2.75) is 17.7 Å². The van der Waals surface area contributed by atoms with Gasteiger partial charge >= 0.3 is 0 Å². The number of hydrogen-bond donors (Lipinski definition) is 0. The van der Waals surface area contributed by atoms with Gasteiger partial charge in [-0.15, -0.1) is 11.6 Å². The summed E-state index contributed by atoms with van der Waals surface area (Å²) < 4.78 is 5.16. The van der Waals surface area contributed by atoms with E-state index in [9.17, 15) is 0 Å². The average molecular weight is 293 g/mol. The van der Waals surface area contributed by atoms with Gasteiger partial charge in [0.25, 0.3) is 0 Å². The van der Waals surface area contributed by atoms with E-state index in [2.05, 4.69) is 24.3 Å². The minimum atomic E-state index is -0.0895. The number of halogens is 2. The molecule has 1 aliphatic carbocycles. The summed E-state index contributed by atoms with van der Waals surface area (Å²) in [5.74, 6) is 1.11. The van der Waals surface area contributed by atoms with Gasteiger partial charge in [-0.25, -0.2) is 0 Å². The predicted octanol–water partition coefficient (Wildman–Crippen LogP) is 4.97. The molecule has 2 aromatic carbocycles. The molecule has 0 bridgehead atoms. The van der Waals surface area contributed by atoms with Crippen LogP contribution in [-0.4, -0.2) is 7.11 Å². The lowest BCUT2D eigenvalue weighted by Gasteiger charge is -2.34. The van der Waals surface area contributed by atoms with Crippen LogP contribution in [0.2, 0.25) is 5.02 Å². The van der Waals surface area contributed by atoms with Gasteiger partial charge in [0.05, 0.1) is 12.5 Å². The van der Waals surface area contributed by atoms with Crippen LogP contribution in [0, 0.1) is 0 Å². The Balaban J connectivity index is 1.88. The molecule has 2 aromatic rings. The van der Waals surface area contributed by atoms with Crippen LogP contribution in [0.25, 0.3) is 0 Å². The molecule has 0 saturated carbocycles. The summed E-state index contributed by atoms with van der Waals surface area (Å²) in [6.45, 7) is 0. The first-order chi connectivity index (χ1) is 9.20. The van der Waals surface area contributed by atoms with Crippen LogP contribution in [0.15, 0.2) is 42.5 Å². The maximum Gasteiger partial charge on any atom is 0.120 e. The fraction of sp³-hybridized carbons (Fsp3) is 0.250. The van der Waals surface area contributed by atoms with E-state index in [0.29, 0.717) is 10.9 Å². The molecule has 0 heterocycles. The van der Waals surface area contributed by atoms with Gasteiger partial charge < -0.3 is 4.74 Å². The molecule has 2 unspecified atom stereocenters. The number of hydrogen-bond acceptors (Lipinski definition) is 1. The van der Waals surface area contributed by atoms with Crippen LogP contribution in [0.1, 0.15) is 28.0 Å². The SMILES string of the molecule is COc1ccc(C(Cl)C2Cc3ccccc32)c(Cl)c1. The molecular formula is C16H14Cl2O. The molecule has 0 saturated heterocycles. The molecule has 1 aliphatic rings. The van der Waals surface area contributed by atoms with Crippen LogP contribution in [0.5, 0.6) is 5.75 Å². The van der Waals surface area contributed by atoms with Crippen molar-refractivity contribution < 1.29 is 4.74 Å². The Morgan fingerprint density at radius 1 is 1.21 bits per heavy atom. The van der Waals surface area contributed by atoms with Crippen molar-refractivity contribution in [1.82, 2.24) is 0 Å². The molecule has 0 radical (unpaired) electrons. The summed E-state index contributed by atoms with van der Waals surface area (Å²) in [6, 6.07) is 14.1. The van der Waals surface area contributed by atoms with Crippen LogP contribution in [0.4, 0.5) is 0 Å². The quantitative estimate of drug-likeness (QED) is 0.726. The molecule has 0 aromatic heterocycles. The number of fused-ring (bicyclic) bond motifs is 1. The van der Waals surface area contributed by atoms with E-state index < -0.39 is 0 Å². The van der Waals surface area contributed by atoms with E-state index in [-0.39, 0.29) is 5.38 Å². The normalized spacial score (nSPS) is 18.4. The molecule has 0 fully saturated rings. The highest BCUT2D eigenvalue weighted by atomic mass is 35.5. The number of ether oxygens (including phenoxy) is 1. The molecule has 19 heavy (non-hydrogen) atoms. The van der Waals surface area contributed by atoms with Gasteiger partial charge in [0.1, 0.15) is 5.75 Å². The molecule has 3 rings (SSSR count). The van der Waals surface area contributed by atoms with Gasteiger partial charge in [-0.05, 0) is 35.2 Å². The zero-order chi connectivity index (χ0) is 13.4. The molecular weight excluding hydrogens is 279 g/mol. The first kappa shape index (κ1) is 12.8. The zero-order valence-electron chi connectivity index (χ0n) is 10.6. The average Bonchev–Trinajstić information content (AvgIpc) is 2.39. The number of rotatable bonds is 3. The second-order valence-electron chi connectivity index (χ2n) is 4.80. The van der Waals surface area contributed by atoms with E-state index >= 15 is 0 Å². The summed E-state index contributed by atoms with van der Waals surface area (Å²) in [6.07, 6.45) is 1.02. The summed E-state index contributed by atoms with van der Waals surface area (Å²) in [4.78, 5) is 0. The standard InChI is InChI=1S/C16H14Cl2O/c1-19-11-6-7-13(15(17)9-11)16(18)14-8-10-4-2-3-5-12(10)14/h2-7,9,14,16H,8H2,1H3. The molecule has 98 valence electrons. The second-order valence-corrected chi connectivity index (χ2v) is 5.68. The highest BCUT2D eigenvalue weighted by Gasteiger charge is 2.33. The summed E-state index contributed by atoms with van der Waals surface area (Å²) in [5, 5.41) is 0.581. The van der Waals surface area contributed by atoms with Crippen LogP contribution in [0.3, 0.4) is 0 Å². The Labute approximate surface area is 123 Å². The summed E-state index contributed by atoms with van der Waals surface area (Å²) in [7, 11) is 1.63. The van der Waals surface area contributed by atoms with E-state index in [1.54, 1.807) is 7.11 Å². The van der Waals surface area contributed by atoms with Crippen LogP contribution >= 0.6 is 23.2 Å². The molecule has 0 aliphatic heterocycles. The monoisotopic (exact) mass is 292 g/mol. The first-order valence-electron chi connectivity index (χ1n) is 6.26. The van der Waals surface area contributed by atoms with E-state index in [0.717, 1.165) is 17.7 Å². The highest BCUT2D eigenvalue weighted by molar-refractivity contribution is 6.33. The third-order valence-corrected chi connectivity index (χ3v) is 4.62. The van der Waals surface area contributed by atoms with Crippen LogP contribution in [-0.2, 0) is 6.42 Å². The van der Waals surface area contributed by atoms with Crippen molar-refractivity contribution in [3.63, 3.8) is 0 Å². The molecule has 0 amide bonds. The van der Waals surface area contributed by atoms with Crippen LogP contribution < -0.4 is 4.74 Å². The third kappa shape index (κ3) is 2.22. The summed E-state index contributed by atoms with van der Waals surface area (Å²) in [5.41, 5.74) is 3.71. The van der Waals surface area contributed by atoms with Crippen molar-refractivity contribution in [2.75, 3.05) is 7.11 Å². The topological polar surface area (TPSA) is 9.23 Å². The predicted molar refractivity (Wildman–Crippen MR) is 79.5 cm³/mol. The maximum atomic E-state index is 6.61. The van der Waals surface area contributed by atoms with Crippen molar-refractivity contribution in [1.29, 1.82) is 0 Å². The number of alkyl halides is 1. The fourth-order valence-electron chi connectivity index (χ4n) is 2.63. The Kier molecular flexibility index (Phi) is 3.42. The lowest BCUT2D eigenvalue weighted by Crippen LogP contribution is -2.21. The zero-order valence-corrected chi connectivity index (χ0v) is 12.1. The maximum absolute atomic E-state index is 6.61. The Hall–Kier alpha value is -1.18. The fourth-order valence-corrected chi connectivity index (χ4v) is 3.39. The van der Waals surface area contributed by atoms with Gasteiger partial charge in [0.15, 0.2) is 0 Å². The van der Waals surface area contributed by atoms with Gasteiger partial charge in [0.2, 0.25) is 0 Å². The lowest BCUT2D eigenvalue weighted by molar-refractivity contribution is 0.414. The van der Waals surface area contributed by atoms with Crippen molar-refractivity contribution in [2.24, 2.45) is 0 Å². The molecule has 1 nitrogen and oxygen atoms in total. The molecule has 3 heteroatoms. The van der Waals surface area contributed by atoms with Gasteiger partial charge in [-0.2, -0.15) is 0 Å².